The van der Waals surface area contributed by atoms with Gasteiger partial charge >= 0.3 is 6.03 Å². The topological polar surface area (TPSA) is 70.7 Å². The van der Waals surface area contributed by atoms with Crippen LogP contribution in [0.4, 0.5) is 16.2 Å². The van der Waals surface area contributed by atoms with E-state index < -0.39 is 8.32 Å². The van der Waals surface area contributed by atoms with E-state index in [9.17, 15) is 9.59 Å². The number of fused-ring (bicyclic) bond motifs is 1. The van der Waals surface area contributed by atoms with E-state index in [0.717, 1.165) is 16.8 Å². The van der Waals surface area contributed by atoms with Crippen molar-refractivity contribution in [2.45, 2.75) is 84.1 Å². The molecule has 0 radical (unpaired) electrons. The van der Waals surface area contributed by atoms with Gasteiger partial charge in [-0.15, -0.1) is 0 Å². The summed E-state index contributed by atoms with van der Waals surface area (Å²) in [5.74, 6) is 0.0939. The van der Waals surface area contributed by atoms with E-state index in [1.54, 1.807) is 0 Å². The number of aryl methyl sites for hydroxylation is 1. The third kappa shape index (κ3) is 6.73. The lowest BCUT2D eigenvalue weighted by Crippen LogP contribution is -2.46. The fourth-order valence-electron chi connectivity index (χ4n) is 3.94. The Hall–Kier alpha value is -2.64. The molecule has 0 aliphatic carbocycles. The lowest BCUT2D eigenvalue weighted by Gasteiger charge is -2.41. The van der Waals surface area contributed by atoms with E-state index in [-0.39, 0.29) is 28.6 Å². The van der Waals surface area contributed by atoms with Crippen LogP contribution in [-0.4, -0.2) is 32.4 Å². The largest absolute Gasteiger partial charge is 0.414 e. The third-order valence-corrected chi connectivity index (χ3v) is 11.4. The Bertz CT molecular complexity index is 1060. The number of hydrogen-bond acceptors (Lipinski definition) is 3. The van der Waals surface area contributed by atoms with Crippen molar-refractivity contribution >= 4 is 31.6 Å². The zero-order chi connectivity index (χ0) is 26.0. The molecule has 35 heavy (non-hydrogen) atoms. The molecular weight excluding hydrogens is 454 g/mol. The van der Waals surface area contributed by atoms with Crippen molar-refractivity contribution in [1.82, 2.24) is 5.32 Å². The first-order valence-corrected chi connectivity index (χ1v) is 15.3. The van der Waals surface area contributed by atoms with Gasteiger partial charge in [-0.3, -0.25) is 4.79 Å². The molecule has 6 nitrogen and oxygen atoms in total. The smallest absolute Gasteiger partial charge is 0.319 e. The van der Waals surface area contributed by atoms with Gasteiger partial charge in [0.1, 0.15) is 0 Å². The number of carbonyl (C=O) groups is 2. The molecule has 0 spiro atoms. The number of carbonyl (C=O) groups excluding carboxylic acids is 2. The zero-order valence-electron chi connectivity index (χ0n) is 22.5. The molecule has 0 aromatic heterocycles. The molecule has 0 bridgehead atoms. The average Bonchev–Trinajstić information content (AvgIpc) is 2.73. The van der Waals surface area contributed by atoms with Crippen molar-refractivity contribution in [3.63, 3.8) is 0 Å². The number of urea groups is 1. The summed E-state index contributed by atoms with van der Waals surface area (Å²) in [6.07, 6.45) is 1.07. The summed E-state index contributed by atoms with van der Waals surface area (Å²) in [6.45, 7) is 17.4. The van der Waals surface area contributed by atoms with Crippen LogP contribution in [0.2, 0.25) is 18.1 Å². The van der Waals surface area contributed by atoms with Crippen molar-refractivity contribution < 1.29 is 14.0 Å². The molecule has 1 aliphatic heterocycles. The summed E-state index contributed by atoms with van der Waals surface area (Å²) in [7, 11) is -2.02. The van der Waals surface area contributed by atoms with Gasteiger partial charge in [-0.1, -0.05) is 51.1 Å². The van der Waals surface area contributed by atoms with Crippen LogP contribution in [-0.2, 0) is 15.6 Å². The number of nitrogens with zero attached hydrogens (tertiary/aromatic N) is 1. The van der Waals surface area contributed by atoms with Gasteiger partial charge in [-0.05, 0) is 74.7 Å². The van der Waals surface area contributed by atoms with Gasteiger partial charge in [0, 0.05) is 23.3 Å². The average molecular weight is 496 g/mol. The maximum absolute atomic E-state index is 13.3. The summed E-state index contributed by atoms with van der Waals surface area (Å²) >= 11 is 0. The Kier molecular flexibility index (Phi) is 7.82. The first kappa shape index (κ1) is 27.0. The number of anilines is 2. The van der Waals surface area contributed by atoms with Crippen LogP contribution in [0.3, 0.4) is 0 Å². The lowest BCUT2D eigenvalue weighted by atomic mass is 9.96. The van der Waals surface area contributed by atoms with E-state index in [1.165, 1.54) is 0 Å². The van der Waals surface area contributed by atoms with E-state index >= 15 is 0 Å². The Balaban J connectivity index is 1.93. The second-order valence-corrected chi connectivity index (χ2v) is 16.7. The standard InChI is InChI=1S/C28H41N3O3Si/c1-27(2,3)30-26(33)29-22-15-16-23-21(18-22)14-17-25(32)31(23)24(20-12-10-9-11-13-20)19-34-35(7,8)28(4,5)6/h9-13,15-16,18,24H,14,17,19H2,1-8H3,(H2,29,30,33). The van der Waals surface area contributed by atoms with Crippen molar-refractivity contribution in [2.75, 3.05) is 16.8 Å². The summed E-state index contributed by atoms with van der Waals surface area (Å²) in [5.41, 5.74) is 3.38. The Labute approximate surface area is 211 Å². The number of amides is 3. The molecular formula is C28H41N3O3Si. The minimum atomic E-state index is -2.02. The summed E-state index contributed by atoms with van der Waals surface area (Å²) < 4.78 is 6.63. The summed E-state index contributed by atoms with van der Waals surface area (Å²) in [5, 5.41) is 5.92. The first-order chi connectivity index (χ1) is 16.2. The highest BCUT2D eigenvalue weighted by atomic mass is 28.4. The van der Waals surface area contributed by atoms with Gasteiger partial charge in [0.25, 0.3) is 0 Å². The van der Waals surface area contributed by atoms with Gasteiger partial charge in [0.2, 0.25) is 5.91 Å². The number of rotatable bonds is 6. The van der Waals surface area contributed by atoms with E-state index in [0.29, 0.717) is 25.1 Å². The van der Waals surface area contributed by atoms with Crippen molar-refractivity contribution in [3.8, 4) is 0 Å². The predicted octanol–water partition coefficient (Wildman–Crippen LogP) is 6.65. The van der Waals surface area contributed by atoms with Gasteiger partial charge < -0.3 is 20.0 Å². The van der Waals surface area contributed by atoms with Gasteiger partial charge in [0.15, 0.2) is 8.32 Å². The summed E-state index contributed by atoms with van der Waals surface area (Å²) in [4.78, 5) is 27.6. The molecule has 3 rings (SSSR count). The second kappa shape index (κ2) is 10.2. The van der Waals surface area contributed by atoms with E-state index in [4.69, 9.17) is 4.43 Å². The monoisotopic (exact) mass is 495 g/mol. The zero-order valence-corrected chi connectivity index (χ0v) is 23.5. The molecule has 1 unspecified atom stereocenters. The van der Waals surface area contributed by atoms with Crippen molar-refractivity contribution in [3.05, 3.63) is 59.7 Å². The highest BCUT2D eigenvalue weighted by molar-refractivity contribution is 6.74. The summed E-state index contributed by atoms with van der Waals surface area (Å²) in [6, 6.07) is 15.4. The third-order valence-electron chi connectivity index (χ3n) is 6.87. The predicted molar refractivity (Wildman–Crippen MR) is 146 cm³/mol. The van der Waals surface area contributed by atoms with Crippen LogP contribution in [0, 0.1) is 0 Å². The fourth-order valence-corrected chi connectivity index (χ4v) is 4.95. The van der Waals surface area contributed by atoms with Crippen LogP contribution in [0.1, 0.15) is 65.1 Å². The van der Waals surface area contributed by atoms with Gasteiger partial charge in [0.05, 0.1) is 12.6 Å². The van der Waals surface area contributed by atoms with Crippen LogP contribution in [0.5, 0.6) is 0 Å². The van der Waals surface area contributed by atoms with E-state index in [1.807, 2.05) is 62.1 Å². The Morgan fingerprint density at radius 1 is 1.03 bits per heavy atom. The quantitative estimate of drug-likeness (QED) is 0.441. The van der Waals surface area contributed by atoms with Gasteiger partial charge in [-0.25, -0.2) is 4.79 Å². The molecule has 2 N–H and O–H groups in total. The number of benzene rings is 2. The fraction of sp³-hybridized carbons (Fsp3) is 0.500. The van der Waals surface area contributed by atoms with Crippen LogP contribution in [0.15, 0.2) is 48.5 Å². The van der Waals surface area contributed by atoms with E-state index in [2.05, 4.69) is 56.6 Å². The maximum Gasteiger partial charge on any atom is 0.319 e. The first-order valence-electron chi connectivity index (χ1n) is 12.4. The molecule has 7 heteroatoms. The molecule has 1 heterocycles. The molecule has 2 aromatic rings. The highest BCUT2D eigenvalue weighted by Gasteiger charge is 2.39. The molecule has 0 saturated heterocycles. The minimum Gasteiger partial charge on any atom is -0.414 e. The normalized spacial score (nSPS) is 15.4. The molecule has 190 valence electrons. The minimum absolute atomic E-state index is 0.0756. The molecule has 2 aromatic carbocycles. The van der Waals surface area contributed by atoms with Crippen LogP contribution >= 0.6 is 0 Å². The molecule has 0 saturated carbocycles. The molecule has 1 aliphatic rings. The maximum atomic E-state index is 13.3. The highest BCUT2D eigenvalue weighted by Crippen LogP contribution is 2.40. The number of hydrogen-bond donors (Lipinski definition) is 2. The Morgan fingerprint density at radius 2 is 1.69 bits per heavy atom. The Morgan fingerprint density at radius 3 is 2.29 bits per heavy atom. The lowest BCUT2D eigenvalue weighted by molar-refractivity contribution is -0.119. The van der Waals surface area contributed by atoms with Crippen LogP contribution < -0.4 is 15.5 Å². The number of nitrogens with one attached hydrogen (secondary N) is 2. The van der Waals surface area contributed by atoms with Crippen molar-refractivity contribution in [1.29, 1.82) is 0 Å². The second-order valence-electron chi connectivity index (χ2n) is 11.9. The molecule has 0 fully saturated rings. The molecule has 3 amide bonds. The van der Waals surface area contributed by atoms with Gasteiger partial charge in [-0.2, -0.15) is 0 Å². The van der Waals surface area contributed by atoms with Crippen LogP contribution in [0.25, 0.3) is 0 Å². The molecule has 1 atom stereocenters. The van der Waals surface area contributed by atoms with Crippen molar-refractivity contribution in [2.24, 2.45) is 0 Å². The SMILES string of the molecule is CC(C)(C)NC(=O)Nc1ccc2c(c1)CCC(=O)N2C(CO[Si](C)(C)C(C)(C)C)c1ccccc1.